The Kier molecular flexibility index (Phi) is 3.82. The summed E-state index contributed by atoms with van der Waals surface area (Å²) in [6.07, 6.45) is 0. The van der Waals surface area contributed by atoms with Gasteiger partial charge in [-0.1, -0.05) is 60.7 Å². The summed E-state index contributed by atoms with van der Waals surface area (Å²) < 4.78 is 0. The van der Waals surface area contributed by atoms with Crippen LogP contribution < -0.4 is 5.46 Å². The second kappa shape index (κ2) is 5.91. The normalized spacial score (nSPS) is 10.4. The van der Waals surface area contributed by atoms with Crippen LogP contribution in [-0.4, -0.2) is 22.2 Å². The van der Waals surface area contributed by atoms with Crippen LogP contribution in [0.25, 0.3) is 22.5 Å². The molecular weight excluding hydrogens is 261 g/mol. The van der Waals surface area contributed by atoms with Crippen LogP contribution in [0.15, 0.2) is 72.8 Å². The average Bonchev–Trinajstić information content (AvgIpc) is 2.56. The summed E-state index contributed by atoms with van der Waals surface area (Å²) in [5.74, 6) is 0. The van der Waals surface area contributed by atoms with Crippen molar-refractivity contribution in [1.29, 1.82) is 0 Å². The van der Waals surface area contributed by atoms with E-state index in [1.807, 2.05) is 60.7 Å². The molecule has 2 N–H and O–H groups in total. The van der Waals surface area contributed by atoms with Gasteiger partial charge in [0.1, 0.15) is 0 Å². The molecule has 0 spiro atoms. The van der Waals surface area contributed by atoms with E-state index in [1.54, 1.807) is 12.1 Å². The number of hydrogen-bond acceptors (Lipinski definition) is 3. The summed E-state index contributed by atoms with van der Waals surface area (Å²) in [5.41, 5.74) is 4.26. The van der Waals surface area contributed by atoms with Crippen molar-refractivity contribution in [1.82, 2.24) is 4.98 Å². The van der Waals surface area contributed by atoms with Gasteiger partial charge in [0, 0.05) is 11.1 Å². The topological polar surface area (TPSA) is 53.4 Å². The lowest BCUT2D eigenvalue weighted by atomic mass is 9.80. The summed E-state index contributed by atoms with van der Waals surface area (Å²) >= 11 is 0. The SMILES string of the molecule is OB(O)c1ccc(-c2cccc(-c3ccccc3)n2)cc1. The molecule has 3 rings (SSSR count). The second-order valence-corrected chi connectivity index (χ2v) is 4.77. The fourth-order valence-corrected chi connectivity index (χ4v) is 2.19. The molecule has 102 valence electrons. The fourth-order valence-electron chi connectivity index (χ4n) is 2.19. The highest BCUT2D eigenvalue weighted by Crippen LogP contribution is 2.21. The highest BCUT2D eigenvalue weighted by molar-refractivity contribution is 6.58. The van der Waals surface area contributed by atoms with Crippen LogP contribution in [0.3, 0.4) is 0 Å². The molecule has 0 aliphatic rings. The smallest absolute Gasteiger partial charge is 0.423 e. The van der Waals surface area contributed by atoms with Crippen molar-refractivity contribution < 1.29 is 10.0 Å². The van der Waals surface area contributed by atoms with Gasteiger partial charge in [0.15, 0.2) is 0 Å². The van der Waals surface area contributed by atoms with E-state index in [1.165, 1.54) is 0 Å². The monoisotopic (exact) mass is 275 g/mol. The van der Waals surface area contributed by atoms with Crippen LogP contribution in [0, 0.1) is 0 Å². The zero-order chi connectivity index (χ0) is 14.7. The minimum Gasteiger partial charge on any atom is -0.423 e. The molecule has 0 bridgehead atoms. The van der Waals surface area contributed by atoms with E-state index in [-0.39, 0.29) is 0 Å². The van der Waals surface area contributed by atoms with E-state index < -0.39 is 7.12 Å². The largest absolute Gasteiger partial charge is 0.488 e. The number of rotatable bonds is 3. The highest BCUT2D eigenvalue weighted by atomic mass is 16.4. The van der Waals surface area contributed by atoms with Gasteiger partial charge in [0.05, 0.1) is 11.4 Å². The summed E-state index contributed by atoms with van der Waals surface area (Å²) in [6.45, 7) is 0. The van der Waals surface area contributed by atoms with Crippen molar-refractivity contribution in [2.75, 3.05) is 0 Å². The third-order valence-electron chi connectivity index (χ3n) is 3.32. The van der Waals surface area contributed by atoms with E-state index >= 15 is 0 Å². The van der Waals surface area contributed by atoms with E-state index in [9.17, 15) is 0 Å². The first-order chi connectivity index (χ1) is 10.2. The van der Waals surface area contributed by atoms with Gasteiger partial charge in [0.2, 0.25) is 0 Å². The molecule has 0 saturated carbocycles. The summed E-state index contributed by atoms with van der Waals surface area (Å²) in [6, 6.07) is 23.0. The summed E-state index contributed by atoms with van der Waals surface area (Å²) in [5, 5.41) is 18.2. The van der Waals surface area contributed by atoms with Crippen LogP contribution >= 0.6 is 0 Å². The quantitative estimate of drug-likeness (QED) is 0.720. The average molecular weight is 275 g/mol. The van der Waals surface area contributed by atoms with Crippen LogP contribution in [0.5, 0.6) is 0 Å². The highest BCUT2D eigenvalue weighted by Gasteiger charge is 2.10. The molecule has 0 fully saturated rings. The molecule has 21 heavy (non-hydrogen) atoms. The van der Waals surface area contributed by atoms with Crippen molar-refractivity contribution in [3.05, 3.63) is 72.8 Å². The number of hydrogen-bond donors (Lipinski definition) is 2. The lowest BCUT2D eigenvalue weighted by Crippen LogP contribution is -2.29. The predicted molar refractivity (Wildman–Crippen MR) is 84.9 cm³/mol. The van der Waals surface area contributed by atoms with Gasteiger partial charge in [0.25, 0.3) is 0 Å². The van der Waals surface area contributed by atoms with Crippen molar-refractivity contribution in [3.8, 4) is 22.5 Å². The van der Waals surface area contributed by atoms with E-state index in [0.29, 0.717) is 5.46 Å². The first kappa shape index (κ1) is 13.6. The molecule has 1 aromatic heterocycles. The van der Waals surface area contributed by atoms with Crippen molar-refractivity contribution in [3.63, 3.8) is 0 Å². The van der Waals surface area contributed by atoms with Gasteiger partial charge < -0.3 is 10.0 Å². The Balaban J connectivity index is 1.96. The Bertz CT molecular complexity index is 727. The molecule has 0 saturated heterocycles. The summed E-state index contributed by atoms with van der Waals surface area (Å²) in [4.78, 5) is 4.66. The molecule has 2 aromatic carbocycles. The zero-order valence-electron chi connectivity index (χ0n) is 11.3. The molecule has 3 nitrogen and oxygen atoms in total. The maximum absolute atomic E-state index is 9.12. The van der Waals surface area contributed by atoms with Gasteiger partial charge in [-0.2, -0.15) is 0 Å². The van der Waals surface area contributed by atoms with Crippen LogP contribution in [0.1, 0.15) is 0 Å². The first-order valence-corrected chi connectivity index (χ1v) is 6.73. The van der Waals surface area contributed by atoms with Crippen molar-refractivity contribution in [2.24, 2.45) is 0 Å². The predicted octanol–water partition coefficient (Wildman–Crippen LogP) is 2.10. The molecule has 0 aliphatic carbocycles. The Hall–Kier alpha value is -2.43. The molecule has 0 radical (unpaired) electrons. The Labute approximate surface area is 123 Å². The van der Waals surface area contributed by atoms with Crippen LogP contribution in [0.2, 0.25) is 0 Å². The lowest BCUT2D eigenvalue weighted by Gasteiger charge is -2.06. The zero-order valence-corrected chi connectivity index (χ0v) is 11.3. The molecule has 0 unspecified atom stereocenters. The molecular formula is C17H14BNO2. The first-order valence-electron chi connectivity index (χ1n) is 6.73. The molecule has 0 atom stereocenters. The van der Waals surface area contributed by atoms with Gasteiger partial charge in [-0.3, -0.25) is 0 Å². The van der Waals surface area contributed by atoms with Crippen molar-refractivity contribution >= 4 is 12.6 Å². The number of nitrogens with zero attached hydrogens (tertiary/aromatic N) is 1. The van der Waals surface area contributed by atoms with E-state index in [2.05, 4.69) is 4.98 Å². The van der Waals surface area contributed by atoms with Gasteiger partial charge in [-0.25, -0.2) is 4.98 Å². The van der Waals surface area contributed by atoms with E-state index in [0.717, 1.165) is 22.5 Å². The maximum Gasteiger partial charge on any atom is 0.488 e. The standard InChI is InChI=1S/C17H14BNO2/c20-18(21)15-11-9-14(10-12-15)17-8-4-7-16(19-17)13-5-2-1-3-6-13/h1-12,20-21H. The second-order valence-electron chi connectivity index (χ2n) is 4.77. The van der Waals surface area contributed by atoms with Gasteiger partial charge in [-0.05, 0) is 17.6 Å². The third kappa shape index (κ3) is 3.02. The Morgan fingerprint density at radius 3 is 1.76 bits per heavy atom. The molecule has 0 amide bonds. The third-order valence-corrected chi connectivity index (χ3v) is 3.32. The minimum absolute atomic E-state index is 0.470. The van der Waals surface area contributed by atoms with Crippen LogP contribution in [-0.2, 0) is 0 Å². The minimum atomic E-state index is -1.44. The molecule has 4 heteroatoms. The van der Waals surface area contributed by atoms with Gasteiger partial charge in [-0.15, -0.1) is 0 Å². The van der Waals surface area contributed by atoms with Gasteiger partial charge >= 0.3 is 7.12 Å². The Morgan fingerprint density at radius 2 is 1.19 bits per heavy atom. The molecule has 3 aromatic rings. The fraction of sp³-hybridized carbons (Fsp3) is 0. The summed E-state index contributed by atoms with van der Waals surface area (Å²) in [7, 11) is -1.44. The maximum atomic E-state index is 9.12. The molecule has 0 aliphatic heterocycles. The van der Waals surface area contributed by atoms with Crippen molar-refractivity contribution in [2.45, 2.75) is 0 Å². The van der Waals surface area contributed by atoms with E-state index in [4.69, 9.17) is 10.0 Å². The number of aromatic nitrogens is 1. The molecule has 1 heterocycles. The lowest BCUT2D eigenvalue weighted by molar-refractivity contribution is 0.426. The number of pyridine rings is 1. The Morgan fingerprint density at radius 1 is 0.619 bits per heavy atom. The number of benzene rings is 2. The van der Waals surface area contributed by atoms with Crippen LogP contribution in [0.4, 0.5) is 0 Å².